The zero-order valence-corrected chi connectivity index (χ0v) is 17.3. The number of hydrogen-bond acceptors (Lipinski definition) is 4. The number of nitrogens with one attached hydrogen (secondary N) is 1. The topological polar surface area (TPSA) is 65.4 Å². The molecule has 1 atom stereocenters. The van der Waals surface area contributed by atoms with Crippen molar-refractivity contribution in [1.82, 2.24) is 9.78 Å². The summed E-state index contributed by atoms with van der Waals surface area (Å²) < 4.78 is 12.9. The SMILES string of the molecule is Cc1cccc(-n2nc(C(C)(C)C)cc2NC(=O)CCOCC2CCCO2)c1. The fourth-order valence-corrected chi connectivity index (χ4v) is 3.15. The minimum atomic E-state index is -0.112. The molecule has 3 rings (SSSR count). The van der Waals surface area contributed by atoms with Crippen LogP contribution in [0.3, 0.4) is 0 Å². The smallest absolute Gasteiger partial charge is 0.227 e. The molecule has 1 fully saturated rings. The Hall–Kier alpha value is -2.18. The van der Waals surface area contributed by atoms with Crippen molar-refractivity contribution in [3.8, 4) is 5.69 Å². The van der Waals surface area contributed by atoms with Crippen molar-refractivity contribution in [1.29, 1.82) is 0 Å². The monoisotopic (exact) mass is 385 g/mol. The van der Waals surface area contributed by atoms with Gasteiger partial charge < -0.3 is 14.8 Å². The van der Waals surface area contributed by atoms with E-state index in [-0.39, 0.29) is 17.4 Å². The Morgan fingerprint density at radius 1 is 1.36 bits per heavy atom. The Bertz CT molecular complexity index is 802. The van der Waals surface area contributed by atoms with Crippen molar-refractivity contribution in [3.05, 3.63) is 41.6 Å². The van der Waals surface area contributed by atoms with Crippen LogP contribution >= 0.6 is 0 Å². The lowest BCUT2D eigenvalue weighted by atomic mass is 9.92. The fraction of sp³-hybridized carbons (Fsp3) is 0.545. The lowest BCUT2D eigenvalue weighted by Gasteiger charge is -2.14. The standard InChI is InChI=1S/C22H31N3O3/c1-16-7-5-8-17(13-16)25-20(14-19(24-25)22(2,3)4)23-21(26)10-12-27-15-18-9-6-11-28-18/h5,7-8,13-14,18H,6,9-12,15H2,1-4H3,(H,23,26). The van der Waals surface area contributed by atoms with Gasteiger partial charge >= 0.3 is 0 Å². The van der Waals surface area contributed by atoms with Crippen molar-refractivity contribution >= 4 is 11.7 Å². The van der Waals surface area contributed by atoms with Crippen molar-refractivity contribution in [2.75, 3.05) is 25.1 Å². The van der Waals surface area contributed by atoms with E-state index < -0.39 is 0 Å². The van der Waals surface area contributed by atoms with Gasteiger partial charge in [0.25, 0.3) is 0 Å². The molecule has 1 amide bonds. The van der Waals surface area contributed by atoms with E-state index in [1.54, 1.807) is 4.68 Å². The summed E-state index contributed by atoms with van der Waals surface area (Å²) in [5, 5.41) is 7.75. The molecule has 1 aromatic heterocycles. The second-order valence-corrected chi connectivity index (χ2v) is 8.42. The number of hydrogen-bond donors (Lipinski definition) is 1. The Morgan fingerprint density at radius 2 is 2.18 bits per heavy atom. The molecule has 28 heavy (non-hydrogen) atoms. The number of ether oxygens (including phenoxy) is 2. The molecule has 2 aromatic rings. The van der Waals surface area contributed by atoms with Crippen LogP contribution in [-0.4, -0.2) is 41.6 Å². The van der Waals surface area contributed by atoms with Crippen molar-refractivity contribution < 1.29 is 14.3 Å². The van der Waals surface area contributed by atoms with E-state index in [1.165, 1.54) is 0 Å². The van der Waals surface area contributed by atoms with E-state index in [0.717, 1.165) is 36.4 Å². The van der Waals surface area contributed by atoms with Crippen LogP contribution in [0.5, 0.6) is 0 Å². The predicted molar refractivity (Wildman–Crippen MR) is 110 cm³/mol. The third kappa shape index (κ3) is 5.42. The lowest BCUT2D eigenvalue weighted by molar-refractivity contribution is -0.117. The van der Waals surface area contributed by atoms with Crippen LogP contribution in [0.15, 0.2) is 30.3 Å². The van der Waals surface area contributed by atoms with E-state index in [0.29, 0.717) is 25.5 Å². The maximum atomic E-state index is 12.5. The maximum Gasteiger partial charge on any atom is 0.227 e. The van der Waals surface area contributed by atoms with E-state index in [1.807, 2.05) is 31.2 Å². The number of amides is 1. The highest BCUT2D eigenvalue weighted by Crippen LogP contribution is 2.26. The summed E-state index contributed by atoms with van der Waals surface area (Å²) in [6.07, 6.45) is 2.61. The third-order valence-electron chi connectivity index (χ3n) is 4.79. The zero-order chi connectivity index (χ0) is 20.1. The Labute approximate surface area is 167 Å². The van der Waals surface area contributed by atoms with Crippen LogP contribution in [-0.2, 0) is 19.7 Å². The van der Waals surface area contributed by atoms with Gasteiger partial charge in [0.1, 0.15) is 5.82 Å². The first-order valence-electron chi connectivity index (χ1n) is 10.00. The quantitative estimate of drug-likeness (QED) is 0.732. The Morgan fingerprint density at radius 3 is 2.86 bits per heavy atom. The van der Waals surface area contributed by atoms with Gasteiger partial charge in [0, 0.05) is 18.1 Å². The van der Waals surface area contributed by atoms with Gasteiger partial charge in [-0.25, -0.2) is 4.68 Å². The lowest BCUT2D eigenvalue weighted by Crippen LogP contribution is -2.19. The normalized spacial score (nSPS) is 17.1. The molecule has 0 radical (unpaired) electrons. The Balaban J connectivity index is 1.65. The van der Waals surface area contributed by atoms with E-state index in [2.05, 4.69) is 32.2 Å². The molecule has 6 nitrogen and oxygen atoms in total. The van der Waals surface area contributed by atoms with Crippen LogP contribution in [0, 0.1) is 6.92 Å². The van der Waals surface area contributed by atoms with Gasteiger partial charge in [-0.1, -0.05) is 32.9 Å². The summed E-state index contributed by atoms with van der Waals surface area (Å²) in [6, 6.07) is 10.0. The van der Waals surface area contributed by atoms with Gasteiger partial charge in [0.2, 0.25) is 5.91 Å². The van der Waals surface area contributed by atoms with Crippen LogP contribution in [0.1, 0.15) is 51.3 Å². The van der Waals surface area contributed by atoms with Crippen LogP contribution in [0.4, 0.5) is 5.82 Å². The molecule has 1 N–H and O–H groups in total. The van der Waals surface area contributed by atoms with Crippen molar-refractivity contribution in [2.45, 2.75) is 58.5 Å². The number of carbonyl (C=O) groups excluding carboxylic acids is 1. The molecule has 1 unspecified atom stereocenters. The first-order chi connectivity index (χ1) is 13.3. The first kappa shape index (κ1) is 20.6. The highest BCUT2D eigenvalue weighted by atomic mass is 16.5. The van der Waals surface area contributed by atoms with Gasteiger partial charge in [0.05, 0.1) is 37.1 Å². The number of nitrogens with zero attached hydrogens (tertiary/aromatic N) is 2. The van der Waals surface area contributed by atoms with Crippen LogP contribution in [0.2, 0.25) is 0 Å². The number of carbonyl (C=O) groups is 1. The second-order valence-electron chi connectivity index (χ2n) is 8.42. The summed E-state index contributed by atoms with van der Waals surface area (Å²) in [6.45, 7) is 10.1. The number of rotatable bonds is 7. The van der Waals surface area contributed by atoms with Crippen molar-refractivity contribution in [2.24, 2.45) is 0 Å². The number of benzene rings is 1. The molecule has 0 bridgehead atoms. The van der Waals surface area contributed by atoms with Gasteiger partial charge in [-0.3, -0.25) is 4.79 Å². The molecule has 1 aliphatic heterocycles. The molecule has 0 aliphatic carbocycles. The number of anilines is 1. The summed E-state index contributed by atoms with van der Waals surface area (Å²) in [5.74, 6) is 0.598. The largest absolute Gasteiger partial charge is 0.378 e. The zero-order valence-electron chi connectivity index (χ0n) is 17.3. The van der Waals surface area contributed by atoms with Crippen LogP contribution in [0.25, 0.3) is 5.69 Å². The summed E-state index contributed by atoms with van der Waals surface area (Å²) >= 11 is 0. The van der Waals surface area contributed by atoms with E-state index in [9.17, 15) is 4.79 Å². The highest BCUT2D eigenvalue weighted by Gasteiger charge is 2.21. The van der Waals surface area contributed by atoms with E-state index >= 15 is 0 Å². The number of aryl methyl sites for hydroxylation is 1. The van der Waals surface area contributed by atoms with E-state index in [4.69, 9.17) is 14.6 Å². The van der Waals surface area contributed by atoms with Gasteiger partial charge in [-0.05, 0) is 37.5 Å². The van der Waals surface area contributed by atoms with Gasteiger partial charge in [0.15, 0.2) is 0 Å². The molecule has 0 spiro atoms. The molecule has 152 valence electrons. The Kier molecular flexibility index (Phi) is 6.52. The minimum absolute atomic E-state index is 0.0818. The molecule has 6 heteroatoms. The molecule has 0 saturated carbocycles. The molecular weight excluding hydrogens is 354 g/mol. The molecule has 1 aliphatic rings. The van der Waals surface area contributed by atoms with Gasteiger partial charge in [-0.15, -0.1) is 0 Å². The third-order valence-corrected chi connectivity index (χ3v) is 4.79. The first-order valence-corrected chi connectivity index (χ1v) is 10.00. The number of aromatic nitrogens is 2. The average molecular weight is 386 g/mol. The predicted octanol–water partition coefficient (Wildman–Crippen LogP) is 4.00. The highest BCUT2D eigenvalue weighted by molar-refractivity contribution is 5.90. The summed E-state index contributed by atoms with van der Waals surface area (Å²) in [5.41, 5.74) is 2.89. The fourth-order valence-electron chi connectivity index (χ4n) is 3.15. The second kappa shape index (κ2) is 8.88. The molecular formula is C22H31N3O3. The molecule has 1 saturated heterocycles. The molecule has 1 aromatic carbocycles. The maximum absolute atomic E-state index is 12.5. The summed E-state index contributed by atoms with van der Waals surface area (Å²) in [4.78, 5) is 12.5. The van der Waals surface area contributed by atoms with Crippen LogP contribution < -0.4 is 5.32 Å². The van der Waals surface area contributed by atoms with Gasteiger partial charge in [-0.2, -0.15) is 5.10 Å². The summed E-state index contributed by atoms with van der Waals surface area (Å²) in [7, 11) is 0. The average Bonchev–Trinajstić information content (AvgIpc) is 3.28. The van der Waals surface area contributed by atoms with Crippen molar-refractivity contribution in [3.63, 3.8) is 0 Å². The minimum Gasteiger partial charge on any atom is -0.378 e. The molecule has 2 heterocycles.